The number of urea groups is 1. The van der Waals surface area contributed by atoms with Crippen LogP contribution < -0.4 is 15.0 Å². The van der Waals surface area contributed by atoms with Crippen LogP contribution in [0.3, 0.4) is 0 Å². The molecule has 0 radical (unpaired) electrons. The Balaban J connectivity index is 1.41. The molecule has 1 unspecified atom stereocenters. The van der Waals surface area contributed by atoms with Crippen LogP contribution in [0.15, 0.2) is 30.5 Å². The molecule has 1 aliphatic rings. The maximum absolute atomic E-state index is 14.5. The number of halogens is 1. The molecule has 1 fully saturated rings. The number of hydrogen-bond acceptors (Lipinski definition) is 7. The van der Waals surface area contributed by atoms with Crippen LogP contribution in [0.25, 0.3) is 10.2 Å². The van der Waals surface area contributed by atoms with Gasteiger partial charge in [0.05, 0.1) is 17.3 Å². The Bertz CT molecular complexity index is 1090. The largest absolute Gasteiger partial charge is 0.497 e. The highest BCUT2D eigenvalue weighted by molar-refractivity contribution is 7.22. The second kappa shape index (κ2) is 9.03. The number of benzene rings is 1. The third kappa shape index (κ3) is 4.54. The van der Waals surface area contributed by atoms with Gasteiger partial charge in [-0.25, -0.2) is 19.2 Å². The number of ether oxygens (including phenoxy) is 1. The van der Waals surface area contributed by atoms with E-state index in [0.717, 1.165) is 16.0 Å². The maximum Gasteiger partial charge on any atom is 0.324 e. The van der Waals surface area contributed by atoms with Gasteiger partial charge in [0.2, 0.25) is 0 Å². The van der Waals surface area contributed by atoms with Gasteiger partial charge in [-0.3, -0.25) is 5.32 Å². The molecule has 3 aromatic rings. The number of aromatic nitrogens is 2. The molecule has 2 amide bonds. The van der Waals surface area contributed by atoms with Crippen LogP contribution in [-0.4, -0.2) is 65.4 Å². The summed E-state index contributed by atoms with van der Waals surface area (Å²) >= 11 is 1.39. The average molecular weight is 446 g/mol. The zero-order valence-electron chi connectivity index (χ0n) is 17.3. The van der Waals surface area contributed by atoms with E-state index < -0.39 is 5.82 Å². The highest BCUT2D eigenvalue weighted by Gasteiger charge is 2.29. The third-order valence-corrected chi connectivity index (χ3v) is 6.21. The summed E-state index contributed by atoms with van der Waals surface area (Å²) in [6, 6.07) is 6.61. The van der Waals surface area contributed by atoms with Gasteiger partial charge in [-0.15, -0.1) is 0 Å². The van der Waals surface area contributed by atoms with Gasteiger partial charge in [-0.05, 0) is 43.2 Å². The predicted octanol–water partition coefficient (Wildman–Crippen LogP) is 3.12. The molecular formula is C21H24FN5O3S. The number of nitrogens with zero attached hydrogens (tertiary/aromatic N) is 4. The molecule has 0 aliphatic carbocycles. The molecule has 10 heteroatoms. The van der Waals surface area contributed by atoms with Gasteiger partial charge in [0, 0.05) is 38.5 Å². The molecule has 0 bridgehead atoms. The molecule has 0 saturated carbocycles. The lowest BCUT2D eigenvalue weighted by molar-refractivity contribution is 0.184. The van der Waals surface area contributed by atoms with Gasteiger partial charge in [0.25, 0.3) is 0 Å². The van der Waals surface area contributed by atoms with Crippen LogP contribution in [0.5, 0.6) is 5.75 Å². The first-order valence-corrected chi connectivity index (χ1v) is 10.8. The number of aliphatic hydroxyl groups excluding tert-OH is 1. The van der Waals surface area contributed by atoms with Crippen LogP contribution in [0.4, 0.5) is 20.1 Å². The smallest absolute Gasteiger partial charge is 0.324 e. The van der Waals surface area contributed by atoms with E-state index in [1.165, 1.54) is 17.4 Å². The van der Waals surface area contributed by atoms with Crippen molar-refractivity contribution in [2.24, 2.45) is 0 Å². The quantitative estimate of drug-likeness (QED) is 0.627. The first-order chi connectivity index (χ1) is 15.0. The molecule has 4 rings (SSSR count). The Hall–Kier alpha value is -2.98. The predicted molar refractivity (Wildman–Crippen MR) is 119 cm³/mol. The summed E-state index contributed by atoms with van der Waals surface area (Å²) in [5.41, 5.74) is 1.45. The molecule has 3 heterocycles. The summed E-state index contributed by atoms with van der Waals surface area (Å²) in [6.07, 6.45) is 1.95. The Kier molecular flexibility index (Phi) is 6.19. The van der Waals surface area contributed by atoms with Gasteiger partial charge in [0.1, 0.15) is 5.75 Å². The van der Waals surface area contributed by atoms with E-state index in [1.807, 2.05) is 30.0 Å². The first kappa shape index (κ1) is 21.3. The summed E-state index contributed by atoms with van der Waals surface area (Å²) in [4.78, 5) is 25.1. The maximum atomic E-state index is 14.5. The molecule has 2 aromatic heterocycles. The van der Waals surface area contributed by atoms with E-state index in [2.05, 4.69) is 15.3 Å². The minimum atomic E-state index is -0.416. The van der Waals surface area contributed by atoms with Crippen molar-refractivity contribution in [2.75, 3.05) is 43.6 Å². The number of pyridine rings is 1. The van der Waals surface area contributed by atoms with Gasteiger partial charge < -0.3 is 19.6 Å². The normalized spacial score (nSPS) is 16.6. The highest BCUT2D eigenvalue weighted by Crippen LogP contribution is 2.29. The second-order valence-corrected chi connectivity index (χ2v) is 8.42. The van der Waals surface area contributed by atoms with Crippen molar-refractivity contribution in [1.29, 1.82) is 0 Å². The minimum absolute atomic E-state index is 0.0481. The van der Waals surface area contributed by atoms with Crippen molar-refractivity contribution < 1.29 is 19.0 Å². The van der Waals surface area contributed by atoms with E-state index in [9.17, 15) is 9.18 Å². The number of carbonyl (C=O) groups is 1. The number of nitrogens with one attached hydrogen (secondary N) is 1. The molecule has 1 aliphatic heterocycles. The van der Waals surface area contributed by atoms with Crippen LogP contribution >= 0.6 is 11.3 Å². The second-order valence-electron chi connectivity index (χ2n) is 7.39. The van der Waals surface area contributed by atoms with Crippen molar-refractivity contribution in [1.82, 2.24) is 14.9 Å². The monoisotopic (exact) mass is 445 g/mol. The lowest BCUT2D eigenvalue weighted by Gasteiger charge is -2.40. The number of hydrogen-bond donors (Lipinski definition) is 2. The Labute approximate surface area is 183 Å². The SMILES string of the molecule is COc1ccc2nc(NC(=O)N3CCN(c4ncc(CCO)cc4F)CC3C)sc2c1. The molecule has 2 N–H and O–H groups in total. The topological polar surface area (TPSA) is 90.8 Å². The van der Waals surface area contributed by atoms with Gasteiger partial charge in [0.15, 0.2) is 16.8 Å². The zero-order chi connectivity index (χ0) is 22.0. The number of thiazole rings is 1. The van der Waals surface area contributed by atoms with E-state index in [1.54, 1.807) is 18.2 Å². The number of methoxy groups -OCH3 is 1. The van der Waals surface area contributed by atoms with E-state index >= 15 is 0 Å². The van der Waals surface area contributed by atoms with Gasteiger partial charge in [-0.1, -0.05) is 11.3 Å². The van der Waals surface area contributed by atoms with Crippen molar-refractivity contribution in [3.05, 3.63) is 41.8 Å². The lowest BCUT2D eigenvalue weighted by atomic mass is 10.1. The van der Waals surface area contributed by atoms with Crippen LogP contribution in [0.2, 0.25) is 0 Å². The number of anilines is 2. The Morgan fingerprint density at radius 3 is 2.94 bits per heavy atom. The number of fused-ring (bicyclic) bond motifs is 1. The van der Waals surface area contributed by atoms with E-state index in [-0.39, 0.29) is 24.5 Å². The zero-order valence-corrected chi connectivity index (χ0v) is 18.2. The van der Waals surface area contributed by atoms with Crippen LogP contribution in [0.1, 0.15) is 12.5 Å². The van der Waals surface area contributed by atoms with Crippen LogP contribution in [-0.2, 0) is 6.42 Å². The summed E-state index contributed by atoms with van der Waals surface area (Å²) in [5.74, 6) is 0.596. The molecule has 1 saturated heterocycles. The summed E-state index contributed by atoms with van der Waals surface area (Å²) in [5, 5.41) is 12.4. The fraction of sp³-hybridized carbons (Fsp3) is 0.381. The highest BCUT2D eigenvalue weighted by atomic mass is 32.1. The Morgan fingerprint density at radius 2 is 2.23 bits per heavy atom. The van der Waals surface area contributed by atoms with Crippen molar-refractivity contribution in [3.63, 3.8) is 0 Å². The molecule has 164 valence electrons. The number of amides is 2. The van der Waals surface area contributed by atoms with E-state index in [0.29, 0.717) is 36.8 Å². The fourth-order valence-corrected chi connectivity index (χ4v) is 4.55. The molecule has 1 aromatic carbocycles. The van der Waals surface area contributed by atoms with Gasteiger partial charge >= 0.3 is 6.03 Å². The molecule has 8 nitrogen and oxygen atoms in total. The number of piperazine rings is 1. The molecule has 0 spiro atoms. The molecule has 31 heavy (non-hydrogen) atoms. The number of carbonyl (C=O) groups excluding carboxylic acids is 1. The van der Waals surface area contributed by atoms with Gasteiger partial charge in [-0.2, -0.15) is 0 Å². The average Bonchev–Trinajstić information content (AvgIpc) is 3.15. The van der Waals surface area contributed by atoms with Crippen molar-refractivity contribution in [3.8, 4) is 5.75 Å². The summed E-state index contributed by atoms with van der Waals surface area (Å²) in [7, 11) is 1.61. The fourth-order valence-electron chi connectivity index (χ4n) is 3.67. The number of rotatable bonds is 5. The third-order valence-electron chi connectivity index (χ3n) is 5.28. The lowest BCUT2D eigenvalue weighted by Crippen LogP contribution is -2.55. The summed E-state index contributed by atoms with van der Waals surface area (Å²) in [6.45, 7) is 3.25. The molecule has 1 atom stereocenters. The minimum Gasteiger partial charge on any atom is -0.497 e. The summed E-state index contributed by atoms with van der Waals surface area (Å²) < 4.78 is 20.6. The van der Waals surface area contributed by atoms with Crippen molar-refractivity contribution >= 4 is 38.5 Å². The Morgan fingerprint density at radius 1 is 1.39 bits per heavy atom. The van der Waals surface area contributed by atoms with Crippen molar-refractivity contribution in [2.45, 2.75) is 19.4 Å². The molecular weight excluding hydrogens is 421 g/mol. The van der Waals surface area contributed by atoms with E-state index in [4.69, 9.17) is 9.84 Å². The first-order valence-electron chi connectivity index (χ1n) is 10.0. The standard InChI is InChI=1S/C21H24FN5O3S/c1-13-12-26(19-16(22)9-14(5-8-28)11-23-19)6-7-27(13)21(29)25-20-24-17-4-3-15(30-2)10-18(17)31-20/h3-4,9-11,13,28H,5-8,12H2,1-2H3,(H,24,25,29). The number of aliphatic hydroxyl groups is 1. The van der Waals surface area contributed by atoms with Crippen LogP contribution in [0, 0.1) is 5.82 Å².